The average Bonchev–Trinajstić information content (AvgIpc) is 2.85. The van der Waals surface area contributed by atoms with Crippen molar-refractivity contribution >= 4 is 23.7 Å². The number of aromatic nitrogens is 2. The number of pyridine rings is 1. The van der Waals surface area contributed by atoms with E-state index in [1.807, 2.05) is 18.2 Å². The molecular weight excluding hydrogens is 275 g/mol. The zero-order valence-corrected chi connectivity index (χ0v) is 13.5. The molecule has 5 nitrogen and oxygen atoms in total. The van der Waals surface area contributed by atoms with Gasteiger partial charge in [0.15, 0.2) is 6.29 Å². The van der Waals surface area contributed by atoms with E-state index in [9.17, 15) is 9.90 Å². The van der Waals surface area contributed by atoms with Gasteiger partial charge in [-0.2, -0.15) is 0 Å². The van der Waals surface area contributed by atoms with Crippen LogP contribution in [0.3, 0.4) is 0 Å². The molecule has 0 aromatic carbocycles. The quantitative estimate of drug-likeness (QED) is 0.213. The van der Waals surface area contributed by atoms with E-state index in [4.69, 9.17) is 4.74 Å². The van der Waals surface area contributed by atoms with Crippen LogP contribution < -0.4 is 34.7 Å². The molecule has 19 heavy (non-hydrogen) atoms. The molecule has 2 aromatic rings. The summed E-state index contributed by atoms with van der Waals surface area (Å²) in [6, 6.07) is 5.47. The Morgan fingerprint density at radius 2 is 2.37 bits per heavy atom. The van der Waals surface area contributed by atoms with Crippen LogP contribution in [0.1, 0.15) is 6.92 Å². The molecule has 2 aromatic heterocycles. The summed E-state index contributed by atoms with van der Waals surface area (Å²) in [7, 11) is 0. The molecule has 2 rings (SSSR count). The van der Waals surface area contributed by atoms with Crippen LogP contribution >= 0.6 is 11.8 Å². The van der Waals surface area contributed by atoms with Crippen LogP contribution in [-0.2, 0) is 9.53 Å². The third kappa shape index (κ3) is 3.76. The van der Waals surface area contributed by atoms with Gasteiger partial charge in [-0.1, -0.05) is 24.8 Å². The van der Waals surface area contributed by atoms with E-state index in [2.05, 4.69) is 4.98 Å². The SMILES string of the molecule is CCOC([O-])=C(C=O)Sc1cccc2nccn12.[Na+]. The first-order valence-corrected chi connectivity index (χ1v) is 6.17. The predicted molar refractivity (Wildman–Crippen MR) is 65.8 cm³/mol. The number of allylic oxidation sites excluding steroid dienone is 1. The standard InChI is InChI=1S/C12H12N2O3S.Na/c1-2-17-12(16)9(8-15)18-11-5-3-4-10-13-6-7-14(10)11;/h3-8,16H,2H2,1H3;/q;+1/p-1. The summed E-state index contributed by atoms with van der Waals surface area (Å²) < 4.78 is 6.61. The van der Waals surface area contributed by atoms with Crippen molar-refractivity contribution in [1.29, 1.82) is 0 Å². The van der Waals surface area contributed by atoms with Crippen molar-refractivity contribution in [3.05, 3.63) is 41.4 Å². The molecule has 94 valence electrons. The Kier molecular flexibility index (Phi) is 6.44. The van der Waals surface area contributed by atoms with Crippen molar-refractivity contribution in [1.82, 2.24) is 9.38 Å². The Bertz CT molecular complexity index is 597. The smallest absolute Gasteiger partial charge is 0.613 e. The molecule has 2 heterocycles. The van der Waals surface area contributed by atoms with Gasteiger partial charge in [-0.3, -0.25) is 9.20 Å². The Labute approximate surface area is 137 Å². The average molecular weight is 286 g/mol. The van der Waals surface area contributed by atoms with Gasteiger partial charge in [-0.05, 0) is 18.7 Å². The molecule has 0 amide bonds. The van der Waals surface area contributed by atoms with Crippen LogP contribution in [0.5, 0.6) is 0 Å². The molecule has 0 N–H and O–H groups in total. The van der Waals surface area contributed by atoms with Crippen molar-refractivity contribution < 1.29 is 44.2 Å². The number of rotatable bonds is 5. The molecule has 0 aliphatic carbocycles. The van der Waals surface area contributed by atoms with Gasteiger partial charge in [0.1, 0.15) is 5.65 Å². The summed E-state index contributed by atoms with van der Waals surface area (Å²) in [5.74, 6) is -0.602. The number of carbonyl (C=O) groups is 1. The number of hydrogen-bond acceptors (Lipinski definition) is 5. The van der Waals surface area contributed by atoms with E-state index in [0.717, 1.165) is 22.4 Å². The number of aldehydes is 1. The summed E-state index contributed by atoms with van der Waals surface area (Å²) in [4.78, 5) is 15.1. The van der Waals surface area contributed by atoms with Gasteiger partial charge in [0.2, 0.25) is 0 Å². The van der Waals surface area contributed by atoms with Crippen molar-refractivity contribution in [2.45, 2.75) is 11.9 Å². The fourth-order valence-electron chi connectivity index (χ4n) is 1.43. The monoisotopic (exact) mass is 286 g/mol. The molecule has 0 spiro atoms. The molecule has 0 fully saturated rings. The minimum atomic E-state index is -0.602. The fraction of sp³-hybridized carbons (Fsp3) is 0.167. The second-order valence-corrected chi connectivity index (χ2v) is 4.39. The summed E-state index contributed by atoms with van der Waals surface area (Å²) in [6.45, 7) is 1.94. The normalized spacial score (nSPS) is 11.6. The molecule has 0 saturated carbocycles. The number of hydrogen-bond donors (Lipinski definition) is 0. The Hall–Kier alpha value is -0.950. The molecule has 0 bridgehead atoms. The number of nitrogens with zero attached hydrogens (tertiary/aromatic N) is 2. The summed E-state index contributed by atoms with van der Waals surface area (Å²) >= 11 is 1.07. The number of imidazole rings is 1. The van der Waals surface area contributed by atoms with Crippen molar-refractivity contribution in [3.8, 4) is 0 Å². The van der Waals surface area contributed by atoms with E-state index in [1.54, 1.807) is 23.7 Å². The topological polar surface area (TPSA) is 66.7 Å². The second-order valence-electron chi connectivity index (χ2n) is 3.32. The zero-order chi connectivity index (χ0) is 13.0. The van der Waals surface area contributed by atoms with Gasteiger partial charge >= 0.3 is 29.6 Å². The second kappa shape index (κ2) is 7.59. The molecule has 0 saturated heterocycles. The van der Waals surface area contributed by atoms with Crippen LogP contribution in [0, 0.1) is 0 Å². The van der Waals surface area contributed by atoms with Crippen LogP contribution in [0.2, 0.25) is 0 Å². The maximum absolute atomic E-state index is 11.5. The van der Waals surface area contributed by atoms with Crippen LogP contribution in [0.4, 0.5) is 0 Å². The molecule has 0 radical (unpaired) electrons. The molecule has 0 aliphatic heterocycles. The molecule has 0 aliphatic rings. The minimum absolute atomic E-state index is 0. The van der Waals surface area contributed by atoms with Gasteiger partial charge < -0.3 is 9.84 Å². The Morgan fingerprint density at radius 3 is 3.05 bits per heavy atom. The van der Waals surface area contributed by atoms with Gasteiger partial charge in [0.25, 0.3) is 0 Å². The molecular formula is C12H11N2NaO3S. The largest absolute Gasteiger partial charge is 1.00 e. The van der Waals surface area contributed by atoms with Crippen molar-refractivity contribution in [2.75, 3.05) is 6.61 Å². The summed E-state index contributed by atoms with van der Waals surface area (Å²) in [5.41, 5.74) is 0.758. The van der Waals surface area contributed by atoms with Gasteiger partial charge in [-0.25, -0.2) is 4.98 Å². The van der Waals surface area contributed by atoms with E-state index < -0.39 is 5.95 Å². The zero-order valence-electron chi connectivity index (χ0n) is 10.7. The van der Waals surface area contributed by atoms with Crippen LogP contribution in [0.25, 0.3) is 5.65 Å². The van der Waals surface area contributed by atoms with E-state index >= 15 is 0 Å². The maximum atomic E-state index is 11.5. The molecule has 0 atom stereocenters. The first-order chi connectivity index (χ1) is 8.76. The number of thioether (sulfide) groups is 1. The van der Waals surface area contributed by atoms with Crippen LogP contribution in [0.15, 0.2) is 46.5 Å². The van der Waals surface area contributed by atoms with E-state index in [0.29, 0.717) is 6.29 Å². The van der Waals surface area contributed by atoms with Crippen molar-refractivity contribution in [3.63, 3.8) is 0 Å². The van der Waals surface area contributed by atoms with Gasteiger partial charge in [-0.15, -0.1) is 0 Å². The Balaban J connectivity index is 0.00000180. The van der Waals surface area contributed by atoms with E-state index in [-0.39, 0.29) is 41.1 Å². The van der Waals surface area contributed by atoms with Crippen molar-refractivity contribution in [2.24, 2.45) is 0 Å². The summed E-state index contributed by atoms with van der Waals surface area (Å²) in [6.07, 6.45) is 3.94. The first kappa shape index (κ1) is 16.1. The van der Waals surface area contributed by atoms with Gasteiger partial charge in [0.05, 0.1) is 15.9 Å². The first-order valence-electron chi connectivity index (χ1n) is 5.35. The maximum Gasteiger partial charge on any atom is 1.00 e. The number of ether oxygens (including phenoxy) is 1. The van der Waals surface area contributed by atoms with E-state index in [1.165, 1.54) is 0 Å². The minimum Gasteiger partial charge on any atom is -0.613 e. The fourth-order valence-corrected chi connectivity index (χ4v) is 2.25. The molecule has 0 unspecified atom stereocenters. The number of carbonyl (C=O) groups excluding carboxylic acids is 1. The third-order valence-electron chi connectivity index (χ3n) is 2.19. The molecule has 7 heteroatoms. The third-order valence-corrected chi connectivity index (χ3v) is 3.21. The summed E-state index contributed by atoms with van der Waals surface area (Å²) in [5, 5.41) is 12.3. The van der Waals surface area contributed by atoms with Crippen LogP contribution in [-0.4, -0.2) is 22.3 Å². The Morgan fingerprint density at radius 1 is 1.58 bits per heavy atom. The van der Waals surface area contributed by atoms with Gasteiger partial charge in [0, 0.05) is 12.4 Å². The number of fused-ring (bicyclic) bond motifs is 1. The predicted octanol–water partition coefficient (Wildman–Crippen LogP) is -1.80.